The smallest absolute Gasteiger partial charge is 0.249 e. The highest BCUT2D eigenvalue weighted by Gasteiger charge is 2.19. The van der Waals surface area contributed by atoms with E-state index in [0.717, 1.165) is 27.2 Å². The van der Waals surface area contributed by atoms with E-state index in [1.807, 2.05) is 45.4 Å². The minimum atomic E-state index is -0.00762. The Kier molecular flexibility index (Phi) is 4.13. The van der Waals surface area contributed by atoms with E-state index in [1.165, 1.54) is 4.68 Å². The number of aryl methyl sites for hydroxylation is 3. The first-order valence-corrected chi connectivity index (χ1v) is 7.38. The third-order valence-corrected chi connectivity index (χ3v) is 4.52. The maximum absolute atomic E-state index is 12.3. The Hall–Kier alpha value is -1.43. The maximum atomic E-state index is 12.3. The second kappa shape index (κ2) is 5.52. The van der Waals surface area contributed by atoms with E-state index in [2.05, 4.69) is 26.1 Å². The van der Waals surface area contributed by atoms with Crippen molar-refractivity contribution in [1.29, 1.82) is 0 Å². The lowest BCUT2D eigenvalue weighted by Crippen LogP contribution is -2.20. The van der Waals surface area contributed by atoms with Crippen molar-refractivity contribution in [2.24, 2.45) is 0 Å². The first kappa shape index (κ1) is 15.0. The van der Waals surface area contributed by atoms with Gasteiger partial charge in [-0.3, -0.25) is 9.48 Å². The largest absolute Gasteiger partial charge is 0.272 e. The molecule has 0 aliphatic rings. The summed E-state index contributed by atoms with van der Waals surface area (Å²) >= 11 is 3.51. The summed E-state index contributed by atoms with van der Waals surface area (Å²) in [5.41, 5.74) is 3.70. The number of rotatable bonds is 3. The Morgan fingerprint density at radius 3 is 2.40 bits per heavy atom. The molecule has 20 heavy (non-hydrogen) atoms. The molecule has 2 heterocycles. The number of hydrogen-bond acceptors (Lipinski definition) is 3. The molecule has 0 amide bonds. The van der Waals surface area contributed by atoms with E-state index in [9.17, 15) is 4.79 Å². The lowest BCUT2D eigenvalue weighted by atomic mass is 10.2. The first-order valence-electron chi connectivity index (χ1n) is 6.59. The summed E-state index contributed by atoms with van der Waals surface area (Å²) in [6, 6.07) is 1.90. The van der Waals surface area contributed by atoms with Crippen LogP contribution in [-0.4, -0.2) is 25.5 Å². The van der Waals surface area contributed by atoms with Gasteiger partial charge in [-0.15, -0.1) is 0 Å². The van der Waals surface area contributed by atoms with Crippen LogP contribution in [0.15, 0.2) is 10.5 Å². The predicted octanol–water partition coefficient (Wildman–Crippen LogP) is 3.37. The van der Waals surface area contributed by atoms with E-state index in [1.54, 1.807) is 0 Å². The molecule has 6 heteroatoms. The van der Waals surface area contributed by atoms with Crippen LogP contribution in [0, 0.1) is 27.7 Å². The van der Waals surface area contributed by atoms with Crippen LogP contribution in [0.5, 0.6) is 0 Å². The summed E-state index contributed by atoms with van der Waals surface area (Å²) in [4.78, 5) is 12.3. The summed E-state index contributed by atoms with van der Waals surface area (Å²) in [5.74, 6) is -0.00762. The van der Waals surface area contributed by atoms with Gasteiger partial charge >= 0.3 is 0 Å². The van der Waals surface area contributed by atoms with Crippen molar-refractivity contribution >= 4 is 21.8 Å². The summed E-state index contributed by atoms with van der Waals surface area (Å²) in [6.45, 7) is 9.72. The lowest BCUT2D eigenvalue weighted by molar-refractivity contribution is 0.0863. The van der Waals surface area contributed by atoms with Crippen LogP contribution in [0.3, 0.4) is 0 Å². The average Bonchev–Trinajstić information content (AvgIpc) is 2.83. The fourth-order valence-electron chi connectivity index (χ4n) is 2.38. The second-order valence-electron chi connectivity index (χ2n) is 5.22. The number of nitrogens with zero attached hydrogens (tertiary/aromatic N) is 4. The zero-order valence-corrected chi connectivity index (χ0v) is 14.0. The molecule has 108 valence electrons. The van der Waals surface area contributed by atoms with Crippen molar-refractivity contribution in [3.63, 3.8) is 0 Å². The van der Waals surface area contributed by atoms with E-state index in [0.29, 0.717) is 6.42 Å². The van der Waals surface area contributed by atoms with Crippen LogP contribution in [0.4, 0.5) is 0 Å². The standard InChI is InChI=1S/C14H19BrN4O/c1-8-6-9(2)19(16-8)13(20)7-10(3)18-12(5)14(15)11(4)17-18/h6,10H,7H2,1-5H3/t10-/m1/s1. The maximum Gasteiger partial charge on any atom is 0.249 e. The van der Waals surface area contributed by atoms with E-state index in [4.69, 9.17) is 0 Å². The van der Waals surface area contributed by atoms with Gasteiger partial charge in [0.05, 0.1) is 34.0 Å². The number of carbonyl (C=O) groups excluding carboxylic acids is 1. The van der Waals surface area contributed by atoms with Gasteiger partial charge in [-0.2, -0.15) is 10.2 Å². The first-order chi connectivity index (χ1) is 9.31. The molecule has 0 spiro atoms. The molecule has 0 radical (unpaired) electrons. The van der Waals surface area contributed by atoms with E-state index in [-0.39, 0.29) is 11.9 Å². The predicted molar refractivity (Wildman–Crippen MR) is 81.1 cm³/mol. The SMILES string of the molecule is Cc1cc(C)n(C(=O)C[C@@H](C)n2nc(C)c(Br)c2C)n1. The molecule has 0 saturated heterocycles. The van der Waals surface area contributed by atoms with Crippen LogP contribution in [0.2, 0.25) is 0 Å². The van der Waals surface area contributed by atoms with Gasteiger partial charge in [-0.05, 0) is 56.6 Å². The number of aromatic nitrogens is 4. The minimum Gasteiger partial charge on any atom is -0.272 e. The highest BCUT2D eigenvalue weighted by Crippen LogP contribution is 2.24. The summed E-state index contributed by atoms with van der Waals surface area (Å²) < 4.78 is 4.37. The van der Waals surface area contributed by atoms with E-state index >= 15 is 0 Å². The van der Waals surface area contributed by atoms with Crippen LogP contribution in [0.25, 0.3) is 0 Å². The molecule has 0 aliphatic heterocycles. The molecule has 0 aliphatic carbocycles. The van der Waals surface area contributed by atoms with Crippen LogP contribution in [-0.2, 0) is 0 Å². The molecular weight excluding hydrogens is 320 g/mol. The second-order valence-corrected chi connectivity index (χ2v) is 6.01. The number of carbonyl (C=O) groups is 1. The Bertz CT molecular complexity index is 656. The molecule has 0 aromatic carbocycles. The summed E-state index contributed by atoms with van der Waals surface area (Å²) in [5, 5.41) is 8.70. The Morgan fingerprint density at radius 1 is 1.30 bits per heavy atom. The van der Waals surface area contributed by atoms with Gasteiger partial charge < -0.3 is 0 Å². The fraction of sp³-hybridized carbons (Fsp3) is 0.500. The topological polar surface area (TPSA) is 52.7 Å². The Labute approximate surface area is 127 Å². The van der Waals surface area contributed by atoms with Gasteiger partial charge in [0.15, 0.2) is 0 Å². The quantitative estimate of drug-likeness (QED) is 0.862. The van der Waals surface area contributed by atoms with E-state index < -0.39 is 0 Å². The highest BCUT2D eigenvalue weighted by atomic mass is 79.9. The van der Waals surface area contributed by atoms with Crippen molar-refractivity contribution in [3.8, 4) is 0 Å². The molecule has 0 N–H and O–H groups in total. The molecule has 0 unspecified atom stereocenters. The average molecular weight is 339 g/mol. The van der Waals surface area contributed by atoms with Crippen LogP contribution < -0.4 is 0 Å². The van der Waals surface area contributed by atoms with Crippen molar-refractivity contribution in [1.82, 2.24) is 19.6 Å². The van der Waals surface area contributed by atoms with Crippen molar-refractivity contribution in [3.05, 3.63) is 33.3 Å². The zero-order valence-electron chi connectivity index (χ0n) is 12.4. The summed E-state index contributed by atoms with van der Waals surface area (Å²) in [6.07, 6.45) is 0.371. The Morgan fingerprint density at radius 2 is 1.95 bits per heavy atom. The molecular formula is C14H19BrN4O. The lowest BCUT2D eigenvalue weighted by Gasteiger charge is -2.14. The van der Waals surface area contributed by atoms with Gasteiger partial charge in [-0.25, -0.2) is 4.68 Å². The zero-order chi connectivity index (χ0) is 15.0. The van der Waals surface area contributed by atoms with Crippen LogP contribution in [0.1, 0.15) is 47.0 Å². The van der Waals surface area contributed by atoms with Crippen molar-refractivity contribution < 1.29 is 4.79 Å². The number of halogens is 1. The van der Waals surface area contributed by atoms with Crippen molar-refractivity contribution in [2.75, 3.05) is 0 Å². The van der Waals surface area contributed by atoms with Crippen molar-refractivity contribution in [2.45, 2.75) is 47.1 Å². The number of hydrogen-bond donors (Lipinski definition) is 0. The molecule has 2 aromatic heterocycles. The highest BCUT2D eigenvalue weighted by molar-refractivity contribution is 9.10. The summed E-state index contributed by atoms with van der Waals surface area (Å²) in [7, 11) is 0. The van der Waals surface area contributed by atoms with Gasteiger partial charge in [0.25, 0.3) is 0 Å². The minimum absolute atomic E-state index is 0.00333. The molecule has 1 atom stereocenters. The third-order valence-electron chi connectivity index (χ3n) is 3.37. The van der Waals surface area contributed by atoms with Gasteiger partial charge in [0.1, 0.15) is 0 Å². The molecule has 0 bridgehead atoms. The normalized spacial score (nSPS) is 12.7. The molecule has 2 aromatic rings. The third kappa shape index (κ3) is 2.70. The fourth-order valence-corrected chi connectivity index (χ4v) is 2.64. The molecule has 0 saturated carbocycles. The molecule has 5 nitrogen and oxygen atoms in total. The molecule has 0 fully saturated rings. The van der Waals surface area contributed by atoms with Gasteiger partial charge in [0, 0.05) is 5.69 Å². The van der Waals surface area contributed by atoms with Gasteiger partial charge in [-0.1, -0.05) is 0 Å². The molecule has 2 rings (SSSR count). The van der Waals surface area contributed by atoms with Crippen LogP contribution >= 0.6 is 15.9 Å². The monoisotopic (exact) mass is 338 g/mol. The van der Waals surface area contributed by atoms with Gasteiger partial charge in [0.2, 0.25) is 5.91 Å². The Balaban J connectivity index is 2.19.